The van der Waals surface area contributed by atoms with Gasteiger partial charge in [-0.3, -0.25) is 4.79 Å². The van der Waals surface area contributed by atoms with Crippen LogP contribution in [0.5, 0.6) is 5.75 Å². The zero-order valence-corrected chi connectivity index (χ0v) is 13.9. The molecular weight excluding hydrogens is 318 g/mol. The highest BCUT2D eigenvalue weighted by atomic mass is 79.9. The smallest absolute Gasteiger partial charge is 0.252 e. The second kappa shape index (κ2) is 6.61. The number of carbonyl (C=O) groups excluding carboxylic acids is 1. The van der Waals surface area contributed by atoms with Gasteiger partial charge in [0.15, 0.2) is 0 Å². The van der Waals surface area contributed by atoms with E-state index >= 15 is 0 Å². The highest BCUT2D eigenvalue weighted by Gasteiger charge is 2.27. The lowest BCUT2D eigenvalue weighted by Crippen LogP contribution is -2.42. The van der Waals surface area contributed by atoms with E-state index in [0.29, 0.717) is 17.2 Å². The number of halogens is 1. The van der Waals surface area contributed by atoms with Crippen LogP contribution in [0.4, 0.5) is 0 Å². The molecule has 1 fully saturated rings. The predicted octanol–water partition coefficient (Wildman–Crippen LogP) is 4.01. The molecule has 1 N–H and O–H groups in total. The maximum atomic E-state index is 12.4. The van der Waals surface area contributed by atoms with E-state index in [0.717, 1.165) is 16.8 Å². The summed E-state index contributed by atoms with van der Waals surface area (Å²) < 4.78 is 5.98. The number of ether oxygens (including phenoxy) is 1. The van der Waals surface area contributed by atoms with Crippen LogP contribution in [0.25, 0.3) is 0 Å². The first kappa shape index (κ1) is 15.4. The van der Waals surface area contributed by atoms with Gasteiger partial charge in [-0.2, -0.15) is 0 Å². The van der Waals surface area contributed by atoms with Crippen LogP contribution in [-0.2, 0) is 0 Å². The average molecular weight is 340 g/mol. The van der Waals surface area contributed by atoms with Crippen molar-refractivity contribution in [3.05, 3.63) is 28.2 Å². The molecule has 1 aromatic carbocycles. The van der Waals surface area contributed by atoms with Crippen molar-refractivity contribution in [1.29, 1.82) is 0 Å². The maximum Gasteiger partial charge on any atom is 0.252 e. The number of rotatable bonds is 3. The van der Waals surface area contributed by atoms with Crippen molar-refractivity contribution in [2.45, 2.75) is 39.2 Å². The summed E-state index contributed by atoms with van der Waals surface area (Å²) in [6.07, 6.45) is 3.44. The third-order valence-electron chi connectivity index (χ3n) is 4.17. The largest absolute Gasteiger partial charge is 0.497 e. The minimum absolute atomic E-state index is 0.0258. The first-order chi connectivity index (χ1) is 9.51. The number of nitrogens with one attached hydrogen (secondary N) is 1. The summed E-state index contributed by atoms with van der Waals surface area (Å²) in [5.74, 6) is 1.97. The third kappa shape index (κ3) is 3.54. The van der Waals surface area contributed by atoms with Crippen molar-refractivity contribution in [2.75, 3.05) is 7.11 Å². The average Bonchev–Trinajstić information content (AvgIpc) is 2.42. The van der Waals surface area contributed by atoms with E-state index in [9.17, 15) is 4.79 Å². The Balaban J connectivity index is 2.08. The first-order valence-corrected chi connectivity index (χ1v) is 7.95. The van der Waals surface area contributed by atoms with Gasteiger partial charge >= 0.3 is 0 Å². The number of hydrogen-bond acceptors (Lipinski definition) is 2. The quantitative estimate of drug-likeness (QED) is 0.903. The summed E-state index contributed by atoms with van der Waals surface area (Å²) in [7, 11) is 1.61. The Morgan fingerprint density at radius 2 is 2.10 bits per heavy atom. The Morgan fingerprint density at radius 1 is 1.35 bits per heavy atom. The van der Waals surface area contributed by atoms with E-state index in [1.165, 1.54) is 12.8 Å². The van der Waals surface area contributed by atoms with Gasteiger partial charge in [0.1, 0.15) is 5.75 Å². The number of carbonyl (C=O) groups is 1. The molecule has 3 unspecified atom stereocenters. The summed E-state index contributed by atoms with van der Waals surface area (Å²) in [6, 6.07) is 5.73. The SMILES string of the molecule is COc1ccc(Br)c(C(=O)NC2CCC(C)CC2C)c1. The molecule has 1 amide bonds. The normalized spacial score (nSPS) is 26.1. The second-order valence-electron chi connectivity index (χ2n) is 5.82. The van der Waals surface area contributed by atoms with Crippen molar-refractivity contribution in [3.63, 3.8) is 0 Å². The molecule has 0 bridgehead atoms. The van der Waals surface area contributed by atoms with Gasteiger partial charge in [0.05, 0.1) is 12.7 Å². The fourth-order valence-corrected chi connectivity index (χ4v) is 3.36. The second-order valence-corrected chi connectivity index (χ2v) is 6.68. The molecule has 0 radical (unpaired) electrons. The van der Waals surface area contributed by atoms with Gasteiger partial charge in [-0.25, -0.2) is 0 Å². The van der Waals surface area contributed by atoms with Gasteiger partial charge in [-0.15, -0.1) is 0 Å². The maximum absolute atomic E-state index is 12.4. The minimum atomic E-state index is -0.0258. The number of benzene rings is 1. The van der Waals surface area contributed by atoms with Crippen LogP contribution in [0.15, 0.2) is 22.7 Å². The lowest BCUT2D eigenvalue weighted by molar-refractivity contribution is 0.0898. The van der Waals surface area contributed by atoms with Gasteiger partial charge in [-0.05, 0) is 65.2 Å². The summed E-state index contributed by atoms with van der Waals surface area (Å²) in [5.41, 5.74) is 0.634. The van der Waals surface area contributed by atoms with Gasteiger partial charge in [0.2, 0.25) is 0 Å². The van der Waals surface area contributed by atoms with Gasteiger partial charge < -0.3 is 10.1 Å². The molecule has 3 atom stereocenters. The molecule has 2 rings (SSSR count). The van der Waals surface area contributed by atoms with E-state index in [2.05, 4.69) is 35.1 Å². The molecule has 0 aliphatic heterocycles. The Morgan fingerprint density at radius 3 is 2.75 bits per heavy atom. The highest BCUT2D eigenvalue weighted by Crippen LogP contribution is 2.29. The van der Waals surface area contributed by atoms with Crippen LogP contribution in [0.3, 0.4) is 0 Å². The lowest BCUT2D eigenvalue weighted by Gasteiger charge is -2.33. The standard InChI is InChI=1S/C16H22BrNO2/c1-10-4-7-15(11(2)8-10)18-16(19)13-9-12(20-3)5-6-14(13)17/h5-6,9-11,15H,4,7-8H2,1-3H3,(H,18,19). The van der Waals surface area contributed by atoms with Gasteiger partial charge in [0.25, 0.3) is 5.91 Å². The fourth-order valence-electron chi connectivity index (χ4n) is 2.93. The molecule has 0 spiro atoms. The Kier molecular flexibility index (Phi) is 5.08. The Hall–Kier alpha value is -1.03. The zero-order valence-electron chi connectivity index (χ0n) is 12.3. The van der Waals surface area contributed by atoms with Crippen molar-refractivity contribution in [3.8, 4) is 5.75 Å². The van der Waals surface area contributed by atoms with Crippen molar-refractivity contribution in [1.82, 2.24) is 5.32 Å². The molecule has 110 valence electrons. The summed E-state index contributed by atoms with van der Waals surface area (Å²) in [5, 5.41) is 3.17. The molecule has 4 heteroatoms. The van der Waals surface area contributed by atoms with E-state index in [4.69, 9.17) is 4.74 Å². The lowest BCUT2D eigenvalue weighted by atomic mass is 9.80. The molecule has 0 aromatic heterocycles. The molecule has 1 aromatic rings. The third-order valence-corrected chi connectivity index (χ3v) is 4.86. The molecule has 0 heterocycles. The van der Waals surface area contributed by atoms with Crippen molar-refractivity contribution in [2.24, 2.45) is 11.8 Å². The van der Waals surface area contributed by atoms with Crippen molar-refractivity contribution >= 4 is 21.8 Å². The Bertz CT molecular complexity index is 489. The summed E-state index contributed by atoms with van der Waals surface area (Å²) in [6.45, 7) is 4.51. The number of amides is 1. The van der Waals surface area contributed by atoms with Crippen LogP contribution in [0.2, 0.25) is 0 Å². The fraction of sp³-hybridized carbons (Fsp3) is 0.562. The van der Waals surface area contributed by atoms with Crippen LogP contribution in [0.1, 0.15) is 43.5 Å². The predicted molar refractivity (Wildman–Crippen MR) is 84.1 cm³/mol. The van der Waals surface area contributed by atoms with Crippen molar-refractivity contribution < 1.29 is 9.53 Å². The summed E-state index contributed by atoms with van der Waals surface area (Å²) in [4.78, 5) is 12.4. The molecule has 1 saturated carbocycles. The zero-order chi connectivity index (χ0) is 14.7. The van der Waals surface area contributed by atoms with E-state index < -0.39 is 0 Å². The molecule has 0 saturated heterocycles. The highest BCUT2D eigenvalue weighted by molar-refractivity contribution is 9.10. The number of hydrogen-bond donors (Lipinski definition) is 1. The minimum Gasteiger partial charge on any atom is -0.497 e. The summed E-state index contributed by atoms with van der Waals surface area (Å²) >= 11 is 3.43. The topological polar surface area (TPSA) is 38.3 Å². The Labute approximate surface area is 129 Å². The molecule has 1 aliphatic carbocycles. The monoisotopic (exact) mass is 339 g/mol. The molecular formula is C16H22BrNO2. The van der Waals surface area contributed by atoms with E-state index in [-0.39, 0.29) is 11.9 Å². The molecule has 1 aliphatic rings. The van der Waals surface area contributed by atoms with E-state index in [1.807, 2.05) is 12.1 Å². The van der Waals surface area contributed by atoms with Crippen LogP contribution >= 0.6 is 15.9 Å². The molecule has 20 heavy (non-hydrogen) atoms. The van der Waals surface area contributed by atoms with Gasteiger partial charge in [0, 0.05) is 10.5 Å². The van der Waals surface area contributed by atoms with Crippen LogP contribution in [0, 0.1) is 11.8 Å². The molecule has 3 nitrogen and oxygen atoms in total. The van der Waals surface area contributed by atoms with E-state index in [1.54, 1.807) is 13.2 Å². The van der Waals surface area contributed by atoms with Gasteiger partial charge in [-0.1, -0.05) is 13.8 Å². The number of methoxy groups -OCH3 is 1. The van der Waals surface area contributed by atoms with Crippen LogP contribution < -0.4 is 10.1 Å². The van der Waals surface area contributed by atoms with Crippen LogP contribution in [-0.4, -0.2) is 19.1 Å². The first-order valence-electron chi connectivity index (χ1n) is 7.15.